The van der Waals surface area contributed by atoms with E-state index in [1.165, 1.54) is 12.1 Å². The largest absolute Gasteiger partial charge is 0.464 e. The van der Waals surface area contributed by atoms with Crippen LogP contribution in [0.1, 0.15) is 18.9 Å². The molecule has 0 fully saturated rings. The molecule has 2 aromatic rings. The van der Waals surface area contributed by atoms with E-state index in [0.717, 1.165) is 0 Å². The first-order valence-electron chi connectivity index (χ1n) is 5.81. The van der Waals surface area contributed by atoms with Gasteiger partial charge < -0.3 is 10.2 Å². The third-order valence-corrected chi connectivity index (χ3v) is 3.29. The molecule has 1 aromatic heterocycles. The van der Waals surface area contributed by atoms with Gasteiger partial charge in [0.25, 0.3) is 0 Å². The van der Waals surface area contributed by atoms with Gasteiger partial charge in [0, 0.05) is 5.02 Å². The second-order valence-electron chi connectivity index (χ2n) is 4.16. The van der Waals surface area contributed by atoms with Crippen LogP contribution >= 0.6 is 11.6 Å². The molecule has 2 N–H and O–H groups in total. The molecular formula is C12H11ClN2O5. The summed E-state index contributed by atoms with van der Waals surface area (Å²) < 4.78 is 0.819. The Balaban J connectivity index is 3.05. The van der Waals surface area contributed by atoms with E-state index in [0.29, 0.717) is 32.6 Å². The van der Waals surface area contributed by atoms with Crippen molar-refractivity contribution in [3.8, 4) is 0 Å². The average molecular weight is 299 g/mol. The molecule has 0 radical (unpaired) electrons. The summed E-state index contributed by atoms with van der Waals surface area (Å²) in [5.41, 5.74) is -0.650. The Morgan fingerprint density at radius 1 is 1.20 bits per heavy atom. The Labute approximate surface area is 117 Å². The van der Waals surface area contributed by atoms with Crippen LogP contribution in [0.5, 0.6) is 0 Å². The fourth-order valence-corrected chi connectivity index (χ4v) is 2.43. The number of aromatic nitrogens is 2. The molecule has 106 valence electrons. The van der Waals surface area contributed by atoms with Crippen LogP contribution in [0.4, 0.5) is 9.59 Å². The zero-order chi connectivity index (χ0) is 15.0. The minimum atomic E-state index is -1.54. The summed E-state index contributed by atoms with van der Waals surface area (Å²) in [7, 11) is 0. The summed E-state index contributed by atoms with van der Waals surface area (Å²) in [6, 6.07) is 2.78. The Kier molecular flexibility index (Phi) is 3.54. The number of rotatable bonds is 2. The van der Waals surface area contributed by atoms with E-state index in [1.54, 1.807) is 0 Å². The molecule has 0 aliphatic heterocycles. The number of hydrogen-bond donors (Lipinski definition) is 2. The second kappa shape index (κ2) is 5.01. The standard InChI is InChI=1S/C12H11ClN2O5/c1-2-3-6-7(13)4-5-8-9(6)15(12(19)20)10(16)14(8)11(17)18/h4-5H,2-3H2,1H3,(H,17,18)(H,19,20). The third kappa shape index (κ3) is 1.96. The topological polar surface area (TPSA) is 102 Å². The molecule has 0 amide bonds. The lowest BCUT2D eigenvalue weighted by Crippen LogP contribution is -2.31. The lowest BCUT2D eigenvalue weighted by molar-refractivity contribution is 0.193. The van der Waals surface area contributed by atoms with E-state index >= 15 is 0 Å². The van der Waals surface area contributed by atoms with Gasteiger partial charge in [0.1, 0.15) is 0 Å². The highest BCUT2D eigenvalue weighted by atomic mass is 35.5. The molecule has 2 rings (SSSR count). The number of nitrogens with zero attached hydrogens (tertiary/aromatic N) is 2. The number of fused-ring (bicyclic) bond motifs is 1. The molecule has 0 aliphatic rings. The number of halogens is 1. The van der Waals surface area contributed by atoms with Crippen molar-refractivity contribution in [2.75, 3.05) is 0 Å². The second-order valence-corrected chi connectivity index (χ2v) is 4.57. The zero-order valence-corrected chi connectivity index (χ0v) is 11.2. The van der Waals surface area contributed by atoms with Gasteiger partial charge in [-0.1, -0.05) is 24.9 Å². The highest BCUT2D eigenvalue weighted by Gasteiger charge is 2.24. The molecule has 0 spiro atoms. The zero-order valence-electron chi connectivity index (χ0n) is 10.5. The first kappa shape index (κ1) is 14.1. The van der Waals surface area contributed by atoms with Crippen LogP contribution in [-0.4, -0.2) is 31.5 Å². The van der Waals surface area contributed by atoms with Crippen molar-refractivity contribution >= 4 is 34.8 Å². The summed E-state index contributed by atoms with van der Waals surface area (Å²) >= 11 is 6.03. The van der Waals surface area contributed by atoms with Crippen LogP contribution in [0.3, 0.4) is 0 Å². The molecule has 0 unspecified atom stereocenters. The molecule has 1 heterocycles. The van der Waals surface area contributed by atoms with Crippen LogP contribution in [0, 0.1) is 0 Å². The fourth-order valence-electron chi connectivity index (χ4n) is 2.18. The number of imidazole rings is 1. The van der Waals surface area contributed by atoms with Crippen LogP contribution < -0.4 is 5.69 Å². The van der Waals surface area contributed by atoms with Gasteiger partial charge in [-0.15, -0.1) is 0 Å². The van der Waals surface area contributed by atoms with Crippen molar-refractivity contribution in [2.45, 2.75) is 19.8 Å². The van der Waals surface area contributed by atoms with Gasteiger partial charge in [-0.2, -0.15) is 9.13 Å². The van der Waals surface area contributed by atoms with E-state index in [2.05, 4.69) is 0 Å². The molecule has 0 saturated carbocycles. The van der Waals surface area contributed by atoms with Gasteiger partial charge in [-0.05, 0) is 24.1 Å². The molecule has 0 atom stereocenters. The van der Waals surface area contributed by atoms with E-state index in [9.17, 15) is 14.4 Å². The van der Waals surface area contributed by atoms with Crippen molar-refractivity contribution in [2.24, 2.45) is 0 Å². The summed E-state index contributed by atoms with van der Waals surface area (Å²) in [6.07, 6.45) is -1.97. The predicted octanol–water partition coefficient (Wildman–Crippen LogP) is 2.46. The minimum Gasteiger partial charge on any atom is -0.464 e. The monoisotopic (exact) mass is 298 g/mol. The van der Waals surface area contributed by atoms with Crippen LogP contribution in [-0.2, 0) is 6.42 Å². The maximum atomic E-state index is 12.0. The molecule has 7 nitrogen and oxygen atoms in total. The first-order chi connectivity index (χ1) is 9.40. The summed E-state index contributed by atoms with van der Waals surface area (Å²) in [4.78, 5) is 34.4. The molecule has 0 bridgehead atoms. The van der Waals surface area contributed by atoms with Gasteiger partial charge in [-0.25, -0.2) is 14.4 Å². The molecule has 8 heteroatoms. The van der Waals surface area contributed by atoms with Crippen LogP contribution in [0.25, 0.3) is 11.0 Å². The first-order valence-corrected chi connectivity index (χ1v) is 6.19. The lowest BCUT2D eigenvalue weighted by atomic mass is 10.1. The average Bonchev–Trinajstić information content (AvgIpc) is 2.65. The van der Waals surface area contributed by atoms with Crippen molar-refractivity contribution in [3.05, 3.63) is 33.2 Å². The number of benzene rings is 1. The van der Waals surface area contributed by atoms with Crippen LogP contribution in [0.15, 0.2) is 16.9 Å². The van der Waals surface area contributed by atoms with Gasteiger partial charge in [-0.3, -0.25) is 0 Å². The van der Waals surface area contributed by atoms with Crippen molar-refractivity contribution in [3.63, 3.8) is 0 Å². The highest BCUT2D eigenvalue weighted by molar-refractivity contribution is 6.32. The fraction of sp³-hybridized carbons (Fsp3) is 0.250. The molecule has 0 saturated heterocycles. The summed E-state index contributed by atoms with van der Waals surface area (Å²) in [6.45, 7) is 1.87. The van der Waals surface area contributed by atoms with E-state index in [4.69, 9.17) is 21.8 Å². The van der Waals surface area contributed by atoms with E-state index in [1.807, 2.05) is 6.92 Å². The number of carboxylic acid groups (broad SMARTS) is 2. The Bertz CT molecular complexity index is 774. The molecular weight excluding hydrogens is 288 g/mol. The van der Waals surface area contributed by atoms with Crippen LogP contribution in [0.2, 0.25) is 5.02 Å². The number of carbonyl (C=O) groups is 2. The van der Waals surface area contributed by atoms with Gasteiger partial charge >= 0.3 is 17.9 Å². The Hall–Kier alpha value is -2.28. The molecule has 1 aromatic carbocycles. The van der Waals surface area contributed by atoms with Crippen molar-refractivity contribution in [1.29, 1.82) is 0 Å². The van der Waals surface area contributed by atoms with Crippen molar-refractivity contribution in [1.82, 2.24) is 9.13 Å². The predicted molar refractivity (Wildman–Crippen MR) is 72.0 cm³/mol. The number of aryl methyl sites for hydroxylation is 1. The van der Waals surface area contributed by atoms with E-state index in [-0.39, 0.29) is 11.0 Å². The summed E-state index contributed by atoms with van der Waals surface area (Å²) in [5, 5.41) is 18.5. The maximum absolute atomic E-state index is 12.0. The smallest absolute Gasteiger partial charge is 0.420 e. The Morgan fingerprint density at radius 2 is 1.80 bits per heavy atom. The lowest BCUT2D eigenvalue weighted by Gasteiger charge is -2.06. The highest BCUT2D eigenvalue weighted by Crippen LogP contribution is 2.27. The molecule has 20 heavy (non-hydrogen) atoms. The van der Waals surface area contributed by atoms with Gasteiger partial charge in [0.15, 0.2) is 0 Å². The quantitative estimate of drug-likeness (QED) is 0.886. The van der Waals surface area contributed by atoms with Gasteiger partial charge in [0.2, 0.25) is 0 Å². The maximum Gasteiger partial charge on any atom is 0.420 e. The van der Waals surface area contributed by atoms with Gasteiger partial charge in [0.05, 0.1) is 11.0 Å². The SMILES string of the molecule is CCCc1c(Cl)ccc2c1n(C(=O)O)c(=O)n2C(=O)O. The Morgan fingerprint density at radius 3 is 2.30 bits per heavy atom. The number of hydrogen-bond acceptors (Lipinski definition) is 3. The summed E-state index contributed by atoms with van der Waals surface area (Å²) in [5.74, 6) is 0. The van der Waals surface area contributed by atoms with E-state index < -0.39 is 17.9 Å². The minimum absolute atomic E-state index is 0.0118. The third-order valence-electron chi connectivity index (χ3n) is 2.93. The van der Waals surface area contributed by atoms with Crippen molar-refractivity contribution < 1.29 is 19.8 Å². The normalized spacial score (nSPS) is 10.9. The molecule has 0 aliphatic carbocycles.